The summed E-state index contributed by atoms with van der Waals surface area (Å²) < 4.78 is 11.0. The first-order valence-electron chi connectivity index (χ1n) is 18.6. The van der Waals surface area contributed by atoms with Crippen LogP contribution in [0.1, 0.15) is 62.3 Å². The number of halogens is 8. The Morgan fingerprint density at radius 2 is 1.17 bits per heavy atom. The quantitative estimate of drug-likeness (QED) is 0.142. The molecule has 1 atom stereocenters. The molecule has 1 fully saturated rings. The highest BCUT2D eigenvalue weighted by Crippen LogP contribution is 2.43. The Balaban J connectivity index is 0.000000166. The molecule has 18 heteroatoms. The summed E-state index contributed by atoms with van der Waals surface area (Å²) in [7, 11) is 0. The summed E-state index contributed by atoms with van der Waals surface area (Å²) in [5.74, 6) is 1.71. The molecule has 1 aliphatic carbocycles. The second kappa shape index (κ2) is 18.6. The number of rotatable bonds is 9. The third kappa shape index (κ3) is 8.96. The monoisotopic (exact) mass is 1060 g/mol. The number of hydrogen-bond donors (Lipinski definition) is 0. The molecule has 0 radical (unpaired) electrons. The van der Waals surface area contributed by atoms with Gasteiger partial charge in [-0.15, -0.1) is 20.4 Å². The van der Waals surface area contributed by atoms with E-state index in [0.717, 1.165) is 60.7 Å². The van der Waals surface area contributed by atoms with Gasteiger partial charge in [0, 0.05) is 43.1 Å². The van der Waals surface area contributed by atoms with E-state index in [-0.39, 0.29) is 0 Å². The van der Waals surface area contributed by atoms with Crippen LogP contribution >= 0.6 is 113 Å². The Morgan fingerprint density at radius 1 is 0.667 bits per heavy atom. The summed E-state index contributed by atoms with van der Waals surface area (Å²) in [6, 6.07) is 25.7. The van der Waals surface area contributed by atoms with Crippen molar-refractivity contribution in [1.29, 1.82) is 0 Å². The van der Waals surface area contributed by atoms with Crippen molar-refractivity contribution in [2.24, 2.45) is 0 Å². The lowest BCUT2D eigenvalue weighted by Crippen LogP contribution is -2.08. The number of nitrogens with zero attached hydrogens (tertiary/aromatic N) is 8. The first-order chi connectivity index (χ1) is 28.9. The Morgan fingerprint density at radius 3 is 1.65 bits per heavy atom. The standard InChI is InChI=1S/C21H14BrCl3N4O.C21H16BrCl3N4S/c22-17-18(21-27-26-20(30-21)12-2-1-3-12)28-29(16-9-8-14(24)10-15(16)25)19(17)11-4-6-13(23)7-5-11;1-3-11(2)20-26-27-21(30-20)18-17(22)19(12-4-6-13(23)7-5-12)29(28-18)16-9-8-14(24)10-15(16)25/h4-10,12H,1-3H2;4-11H,3H2,1-2H3. The van der Waals surface area contributed by atoms with Crippen LogP contribution in [0.2, 0.25) is 30.1 Å². The van der Waals surface area contributed by atoms with Crippen LogP contribution in [0, 0.1) is 0 Å². The van der Waals surface area contributed by atoms with Crippen LogP contribution in [0.4, 0.5) is 0 Å². The van der Waals surface area contributed by atoms with Gasteiger partial charge in [-0.1, -0.05) is 125 Å². The van der Waals surface area contributed by atoms with Gasteiger partial charge >= 0.3 is 0 Å². The van der Waals surface area contributed by atoms with Gasteiger partial charge in [0.2, 0.25) is 5.89 Å². The molecule has 0 spiro atoms. The zero-order valence-corrected chi connectivity index (χ0v) is 40.0. The predicted molar refractivity (Wildman–Crippen MR) is 251 cm³/mol. The maximum atomic E-state index is 6.51. The molecule has 1 aliphatic rings. The molecule has 9 rings (SSSR count). The Hall–Kier alpha value is -3.30. The average molecular weight is 1070 g/mol. The summed E-state index contributed by atoms with van der Waals surface area (Å²) in [4.78, 5) is 0. The van der Waals surface area contributed by atoms with Crippen LogP contribution in [0.25, 0.3) is 56.2 Å². The molecule has 306 valence electrons. The molecule has 4 aromatic heterocycles. The van der Waals surface area contributed by atoms with Gasteiger partial charge in [-0.25, -0.2) is 9.36 Å². The summed E-state index contributed by atoms with van der Waals surface area (Å²) >= 11 is 46.4. The molecule has 0 N–H and O–H groups in total. The topological polar surface area (TPSA) is 100 Å². The van der Waals surface area contributed by atoms with Gasteiger partial charge < -0.3 is 4.42 Å². The summed E-state index contributed by atoms with van der Waals surface area (Å²) in [6.45, 7) is 4.28. The largest absolute Gasteiger partial charge is 0.419 e. The van der Waals surface area contributed by atoms with E-state index in [1.54, 1.807) is 45.0 Å². The normalized spacial score (nSPS) is 13.2. The van der Waals surface area contributed by atoms with E-state index in [2.05, 4.69) is 66.1 Å². The smallest absolute Gasteiger partial charge is 0.269 e. The minimum absolute atomic E-state index is 0.341. The highest BCUT2D eigenvalue weighted by Gasteiger charge is 2.29. The fourth-order valence-corrected chi connectivity index (χ4v) is 9.93. The molecule has 4 aromatic carbocycles. The van der Waals surface area contributed by atoms with E-state index >= 15 is 0 Å². The van der Waals surface area contributed by atoms with E-state index in [4.69, 9.17) is 84.2 Å². The van der Waals surface area contributed by atoms with E-state index in [1.165, 1.54) is 6.42 Å². The van der Waals surface area contributed by atoms with Crippen molar-refractivity contribution < 1.29 is 4.42 Å². The van der Waals surface area contributed by atoms with E-state index in [0.29, 0.717) is 76.5 Å². The molecular formula is C42H30Br2Cl6N8OS. The van der Waals surface area contributed by atoms with Crippen LogP contribution in [-0.4, -0.2) is 40.0 Å². The van der Waals surface area contributed by atoms with E-state index in [1.807, 2.05) is 60.7 Å². The Kier molecular flexibility index (Phi) is 13.4. The van der Waals surface area contributed by atoms with Crippen LogP contribution in [0.5, 0.6) is 0 Å². The third-order valence-corrected chi connectivity index (χ3v) is 14.2. The van der Waals surface area contributed by atoms with Crippen molar-refractivity contribution in [2.45, 2.75) is 51.4 Å². The van der Waals surface area contributed by atoms with E-state index < -0.39 is 0 Å². The van der Waals surface area contributed by atoms with Gasteiger partial charge in [-0.05, 0) is 112 Å². The van der Waals surface area contributed by atoms with Crippen molar-refractivity contribution in [3.63, 3.8) is 0 Å². The Bertz CT molecular complexity index is 2640. The van der Waals surface area contributed by atoms with Crippen LogP contribution in [-0.2, 0) is 0 Å². The summed E-state index contributed by atoms with van der Waals surface area (Å²) in [5.41, 5.74) is 6.10. The zero-order valence-electron chi connectivity index (χ0n) is 31.5. The highest BCUT2D eigenvalue weighted by molar-refractivity contribution is 9.11. The molecule has 9 nitrogen and oxygen atoms in total. The van der Waals surface area contributed by atoms with Gasteiger partial charge in [-0.2, -0.15) is 10.2 Å². The van der Waals surface area contributed by atoms with Crippen molar-refractivity contribution >= 4 is 113 Å². The highest BCUT2D eigenvalue weighted by atomic mass is 79.9. The fraction of sp³-hybridized carbons (Fsp3) is 0.190. The molecular weight excluding hydrogens is 1040 g/mol. The van der Waals surface area contributed by atoms with Crippen LogP contribution in [0.3, 0.4) is 0 Å². The molecule has 0 aliphatic heterocycles. The lowest BCUT2D eigenvalue weighted by atomic mass is 9.85. The second-order valence-electron chi connectivity index (χ2n) is 13.9. The van der Waals surface area contributed by atoms with Gasteiger partial charge in [0.05, 0.1) is 41.8 Å². The maximum Gasteiger partial charge on any atom is 0.269 e. The molecule has 0 bridgehead atoms. The van der Waals surface area contributed by atoms with Crippen LogP contribution < -0.4 is 0 Å². The molecule has 0 saturated heterocycles. The van der Waals surface area contributed by atoms with Crippen molar-refractivity contribution in [3.05, 3.63) is 135 Å². The number of hydrogen-bond acceptors (Lipinski definition) is 8. The lowest BCUT2D eigenvalue weighted by molar-refractivity contribution is 0.338. The average Bonchev–Trinajstić information content (AvgIpc) is 4.01. The van der Waals surface area contributed by atoms with Gasteiger partial charge in [-0.3, -0.25) is 0 Å². The molecule has 4 heterocycles. The van der Waals surface area contributed by atoms with Gasteiger partial charge in [0.1, 0.15) is 10.7 Å². The molecule has 0 amide bonds. The number of aromatic nitrogens is 8. The van der Waals surface area contributed by atoms with Gasteiger partial charge in [0.25, 0.3) is 5.89 Å². The molecule has 8 aromatic rings. The lowest BCUT2D eigenvalue weighted by Gasteiger charge is -2.20. The predicted octanol–water partition coefficient (Wildman–Crippen LogP) is 15.9. The zero-order chi connectivity index (χ0) is 42.2. The fourth-order valence-electron chi connectivity index (χ4n) is 6.29. The number of benzene rings is 4. The molecule has 1 unspecified atom stereocenters. The summed E-state index contributed by atoms with van der Waals surface area (Å²) in [5, 5.41) is 32.0. The molecule has 1 saturated carbocycles. The van der Waals surface area contributed by atoms with Crippen molar-refractivity contribution in [3.8, 4) is 56.2 Å². The van der Waals surface area contributed by atoms with E-state index in [9.17, 15) is 0 Å². The van der Waals surface area contributed by atoms with Crippen molar-refractivity contribution in [1.82, 2.24) is 40.0 Å². The molecule has 60 heavy (non-hydrogen) atoms. The minimum atomic E-state index is 0.341. The maximum absolute atomic E-state index is 6.51. The Labute approximate surface area is 396 Å². The first-order valence-corrected chi connectivity index (χ1v) is 23.2. The second-order valence-corrected chi connectivity index (χ2v) is 19.0. The van der Waals surface area contributed by atoms with Gasteiger partial charge in [0.15, 0.2) is 10.7 Å². The summed E-state index contributed by atoms with van der Waals surface area (Å²) in [6.07, 6.45) is 4.35. The third-order valence-electron chi connectivity index (χ3n) is 9.94. The minimum Gasteiger partial charge on any atom is -0.419 e. The first kappa shape index (κ1) is 43.4. The van der Waals surface area contributed by atoms with Crippen LogP contribution in [0.15, 0.2) is 98.3 Å². The van der Waals surface area contributed by atoms with Crippen molar-refractivity contribution in [2.75, 3.05) is 0 Å². The SMILES string of the molecule is CCC(C)c1nnc(-c2nn(-c3ccc(Cl)cc3Cl)c(-c3ccc(Cl)cc3)c2Br)s1.Clc1ccc(-c2c(Br)c(-c3nnc(C4CCC4)o3)nn2-c2ccc(Cl)cc2Cl)cc1.